The molecule has 1 amide bonds. The fourth-order valence-electron chi connectivity index (χ4n) is 3.23. The number of nitrogens with zero attached hydrogens (tertiary/aromatic N) is 2. The summed E-state index contributed by atoms with van der Waals surface area (Å²) in [5.74, 6) is -0.261. The normalized spacial score (nSPS) is 13.5. The monoisotopic (exact) mass is 424 g/mol. The smallest absolute Gasteiger partial charge is 0.422 e. The number of amides is 1. The predicted octanol–water partition coefficient (Wildman–Crippen LogP) is 4.13. The van der Waals surface area contributed by atoms with Gasteiger partial charge in [-0.1, -0.05) is 6.07 Å². The fraction of sp³-hybridized carbons (Fsp3) is 0.350. The Morgan fingerprint density at radius 3 is 2.50 bits per heavy atom. The van der Waals surface area contributed by atoms with Crippen molar-refractivity contribution in [2.75, 3.05) is 19.8 Å². The van der Waals surface area contributed by atoms with E-state index in [-0.39, 0.29) is 17.9 Å². The number of carbonyl (C=O) groups is 1. The lowest BCUT2D eigenvalue weighted by atomic mass is 9.98. The molecule has 0 aromatic heterocycles. The Morgan fingerprint density at radius 2 is 1.83 bits per heavy atom. The highest BCUT2D eigenvalue weighted by Gasteiger charge is 2.31. The molecule has 0 radical (unpaired) electrons. The van der Waals surface area contributed by atoms with Crippen LogP contribution in [0.3, 0.4) is 0 Å². The molecule has 160 valence electrons. The van der Waals surface area contributed by atoms with Gasteiger partial charge in [-0.05, 0) is 48.7 Å². The first kappa shape index (κ1) is 21.4. The number of nitro benzene ring substituents is 1. The van der Waals surface area contributed by atoms with Gasteiger partial charge in [0.25, 0.3) is 11.6 Å². The van der Waals surface area contributed by atoms with E-state index in [0.717, 1.165) is 29.3 Å². The number of hydrogen-bond donors (Lipinski definition) is 0. The molecule has 10 heteroatoms. The van der Waals surface area contributed by atoms with E-state index in [1.165, 1.54) is 4.90 Å². The van der Waals surface area contributed by atoms with Gasteiger partial charge in [0.15, 0.2) is 6.61 Å². The zero-order chi connectivity index (χ0) is 21.9. The molecule has 1 aliphatic heterocycles. The average molecular weight is 424 g/mol. The van der Waals surface area contributed by atoms with Gasteiger partial charge in [-0.15, -0.1) is 0 Å². The van der Waals surface area contributed by atoms with Gasteiger partial charge in [0.2, 0.25) is 0 Å². The molecule has 0 unspecified atom stereocenters. The molecule has 0 N–H and O–H groups in total. The van der Waals surface area contributed by atoms with Crippen molar-refractivity contribution < 1.29 is 32.4 Å². The number of nitro groups is 1. The first-order valence-electron chi connectivity index (χ1n) is 9.20. The number of fused-ring (bicyclic) bond motifs is 1. The lowest BCUT2D eigenvalue weighted by Gasteiger charge is -2.29. The van der Waals surface area contributed by atoms with Crippen molar-refractivity contribution in [3.8, 4) is 11.5 Å². The number of ether oxygens (including phenoxy) is 2. The average Bonchev–Trinajstić information content (AvgIpc) is 2.70. The summed E-state index contributed by atoms with van der Waals surface area (Å²) in [5, 5.41) is 11.3. The van der Waals surface area contributed by atoms with Gasteiger partial charge in [-0.25, -0.2) is 0 Å². The molecule has 0 bridgehead atoms. The summed E-state index contributed by atoms with van der Waals surface area (Å²) in [6.07, 6.45) is -4.02. The summed E-state index contributed by atoms with van der Waals surface area (Å²) in [6.45, 7) is 1.31. The Balaban J connectivity index is 1.86. The lowest BCUT2D eigenvalue weighted by molar-refractivity contribution is -0.385. The van der Waals surface area contributed by atoms with Gasteiger partial charge in [0.1, 0.15) is 17.1 Å². The van der Waals surface area contributed by atoms with Crippen LogP contribution in [-0.2, 0) is 13.0 Å². The summed E-state index contributed by atoms with van der Waals surface area (Å²) >= 11 is 0. The topological polar surface area (TPSA) is 81.9 Å². The maximum absolute atomic E-state index is 13.0. The van der Waals surface area contributed by atoms with E-state index in [0.29, 0.717) is 25.3 Å². The van der Waals surface area contributed by atoms with Crippen LogP contribution in [-0.4, -0.2) is 41.7 Å². The molecule has 1 aliphatic rings. The zero-order valence-corrected chi connectivity index (χ0v) is 16.1. The van der Waals surface area contributed by atoms with Gasteiger partial charge in [0, 0.05) is 19.2 Å². The minimum Gasteiger partial charge on any atom is -0.494 e. The molecule has 0 saturated heterocycles. The van der Waals surface area contributed by atoms with E-state index in [9.17, 15) is 28.1 Å². The molecule has 2 aromatic carbocycles. The number of alkyl halides is 3. The number of benzene rings is 2. The van der Waals surface area contributed by atoms with Gasteiger partial charge >= 0.3 is 6.18 Å². The first-order valence-corrected chi connectivity index (χ1v) is 9.20. The molecule has 7 nitrogen and oxygen atoms in total. The molecule has 0 aliphatic carbocycles. The second-order valence-corrected chi connectivity index (χ2v) is 6.68. The molecule has 30 heavy (non-hydrogen) atoms. The van der Waals surface area contributed by atoms with Crippen molar-refractivity contribution in [1.29, 1.82) is 0 Å². The van der Waals surface area contributed by atoms with Crippen LogP contribution in [0.25, 0.3) is 0 Å². The van der Waals surface area contributed by atoms with Crippen molar-refractivity contribution in [2.45, 2.75) is 26.1 Å². The Morgan fingerprint density at radius 1 is 1.13 bits per heavy atom. The highest BCUT2D eigenvalue weighted by Crippen LogP contribution is 2.30. The van der Waals surface area contributed by atoms with Crippen LogP contribution in [0.15, 0.2) is 36.4 Å². The van der Waals surface area contributed by atoms with E-state index in [2.05, 4.69) is 4.74 Å². The fourth-order valence-corrected chi connectivity index (χ4v) is 3.23. The summed E-state index contributed by atoms with van der Waals surface area (Å²) in [5.41, 5.74) is 1.09. The van der Waals surface area contributed by atoms with E-state index in [1.54, 1.807) is 0 Å². The summed E-state index contributed by atoms with van der Waals surface area (Å²) in [6, 6.07) is 8.57. The molecular weight excluding hydrogens is 405 g/mol. The van der Waals surface area contributed by atoms with Crippen molar-refractivity contribution in [1.82, 2.24) is 4.90 Å². The minimum atomic E-state index is -4.57. The van der Waals surface area contributed by atoms with E-state index < -0.39 is 29.3 Å². The first-order chi connectivity index (χ1) is 14.2. The Kier molecular flexibility index (Phi) is 6.14. The van der Waals surface area contributed by atoms with E-state index in [4.69, 9.17) is 4.74 Å². The quantitative estimate of drug-likeness (QED) is 0.514. The van der Waals surface area contributed by atoms with Crippen LogP contribution >= 0.6 is 0 Å². The summed E-state index contributed by atoms with van der Waals surface area (Å²) in [7, 11) is 0. The van der Waals surface area contributed by atoms with Crippen LogP contribution in [0.5, 0.6) is 11.5 Å². The van der Waals surface area contributed by atoms with Crippen LogP contribution in [0.1, 0.15) is 28.4 Å². The van der Waals surface area contributed by atoms with E-state index >= 15 is 0 Å². The molecular formula is C20H19F3N2O5. The second kappa shape index (κ2) is 8.60. The Labute approximate surface area is 170 Å². The maximum Gasteiger partial charge on any atom is 0.422 e. The predicted molar refractivity (Wildman–Crippen MR) is 101 cm³/mol. The SMILES string of the molecule is CCOc1ccc2c(c1)CN(C(=O)c1cc(OCC(F)(F)F)ccc1[N+](=O)[O-])CC2. The van der Waals surface area contributed by atoms with Crippen LogP contribution in [0.4, 0.5) is 18.9 Å². The van der Waals surface area contributed by atoms with Crippen LogP contribution < -0.4 is 9.47 Å². The Hall–Kier alpha value is -3.30. The molecule has 1 heterocycles. The summed E-state index contributed by atoms with van der Waals surface area (Å²) in [4.78, 5) is 25.0. The minimum absolute atomic E-state index is 0.208. The van der Waals surface area contributed by atoms with Crippen molar-refractivity contribution in [3.05, 3.63) is 63.2 Å². The van der Waals surface area contributed by atoms with Gasteiger partial charge in [-0.2, -0.15) is 13.2 Å². The number of hydrogen-bond acceptors (Lipinski definition) is 5. The third-order valence-corrected chi connectivity index (χ3v) is 4.59. The largest absolute Gasteiger partial charge is 0.494 e. The molecule has 0 saturated carbocycles. The standard InChI is InChI=1S/C20H19F3N2O5/c1-2-29-15-4-3-13-7-8-24(11-14(13)9-15)19(26)17-10-16(30-12-20(21,22)23)5-6-18(17)25(27)28/h3-6,9-10H,2,7-8,11-12H2,1H3. The van der Waals surface area contributed by atoms with E-state index in [1.807, 2.05) is 25.1 Å². The van der Waals surface area contributed by atoms with Crippen LogP contribution in [0.2, 0.25) is 0 Å². The molecule has 3 rings (SSSR count). The number of carbonyl (C=O) groups excluding carboxylic acids is 1. The molecule has 0 spiro atoms. The Bertz CT molecular complexity index is 962. The van der Waals surface area contributed by atoms with Gasteiger partial charge < -0.3 is 14.4 Å². The van der Waals surface area contributed by atoms with Crippen molar-refractivity contribution >= 4 is 11.6 Å². The molecule has 0 fully saturated rings. The zero-order valence-electron chi connectivity index (χ0n) is 16.1. The second-order valence-electron chi connectivity index (χ2n) is 6.68. The van der Waals surface area contributed by atoms with Gasteiger partial charge in [0.05, 0.1) is 11.5 Å². The van der Waals surface area contributed by atoms with Gasteiger partial charge in [-0.3, -0.25) is 14.9 Å². The highest BCUT2D eigenvalue weighted by molar-refractivity contribution is 5.98. The highest BCUT2D eigenvalue weighted by atomic mass is 19.4. The number of halogens is 3. The molecule has 2 aromatic rings. The maximum atomic E-state index is 13.0. The molecule has 0 atom stereocenters. The third-order valence-electron chi connectivity index (χ3n) is 4.59. The van der Waals surface area contributed by atoms with Crippen molar-refractivity contribution in [2.24, 2.45) is 0 Å². The summed E-state index contributed by atoms with van der Waals surface area (Å²) < 4.78 is 47.3. The van der Waals surface area contributed by atoms with Crippen molar-refractivity contribution in [3.63, 3.8) is 0 Å². The van der Waals surface area contributed by atoms with Crippen LogP contribution in [0, 0.1) is 10.1 Å². The third kappa shape index (κ3) is 5.00. The lowest BCUT2D eigenvalue weighted by Crippen LogP contribution is -2.36. The number of rotatable bonds is 6.